The lowest BCUT2D eigenvalue weighted by atomic mass is 9.95. The second kappa shape index (κ2) is 8.96. The molecule has 0 aliphatic heterocycles. The fourth-order valence-corrected chi connectivity index (χ4v) is 2.11. The summed E-state index contributed by atoms with van der Waals surface area (Å²) >= 11 is 8.48. The van der Waals surface area contributed by atoms with Crippen LogP contribution in [0.15, 0.2) is 11.8 Å². The van der Waals surface area contributed by atoms with Crippen molar-refractivity contribution in [3.05, 3.63) is 11.8 Å². The van der Waals surface area contributed by atoms with E-state index in [1.54, 1.807) is 7.05 Å². The largest absolute Gasteiger partial charge is 0.396 e. The Bertz CT molecular complexity index is 232. The molecule has 5 heteroatoms. The highest BCUT2D eigenvalue weighted by atomic mass is 32.2. The van der Waals surface area contributed by atoms with Crippen LogP contribution in [0.5, 0.6) is 0 Å². The summed E-state index contributed by atoms with van der Waals surface area (Å²) in [7, 11) is 1.71. The smallest absolute Gasteiger partial charge is 0.213 e. The van der Waals surface area contributed by atoms with Gasteiger partial charge >= 0.3 is 0 Å². The molecule has 0 saturated heterocycles. The van der Waals surface area contributed by atoms with Gasteiger partial charge in [-0.15, -0.1) is 0 Å². The van der Waals surface area contributed by atoms with Crippen molar-refractivity contribution in [2.45, 2.75) is 30.8 Å². The monoisotopic (exact) mass is 263 g/mol. The minimum Gasteiger partial charge on any atom is -0.396 e. The Morgan fingerprint density at radius 3 is 2.56 bits per heavy atom. The number of carbonyl (C=O) groups is 1. The Labute approximate surface area is 109 Å². The lowest BCUT2D eigenvalue weighted by Gasteiger charge is -2.19. The molecule has 0 heterocycles. The van der Waals surface area contributed by atoms with Gasteiger partial charge in [0.25, 0.3) is 0 Å². The third-order valence-electron chi connectivity index (χ3n) is 2.36. The zero-order valence-electron chi connectivity index (χ0n) is 9.83. The van der Waals surface area contributed by atoms with E-state index in [1.165, 1.54) is 4.90 Å². The molecular formula is C11H21NO2S2. The van der Waals surface area contributed by atoms with Crippen molar-refractivity contribution >= 4 is 31.7 Å². The van der Waals surface area contributed by atoms with Gasteiger partial charge in [-0.05, 0) is 25.2 Å². The van der Waals surface area contributed by atoms with Crippen molar-refractivity contribution in [1.29, 1.82) is 0 Å². The number of rotatable bonds is 8. The van der Waals surface area contributed by atoms with E-state index in [4.69, 9.17) is 5.11 Å². The van der Waals surface area contributed by atoms with Crippen LogP contribution >= 0.6 is 25.3 Å². The molecule has 0 bridgehead atoms. The Morgan fingerprint density at radius 1 is 1.50 bits per heavy atom. The number of aliphatic hydroxyl groups excluding tert-OH is 1. The zero-order valence-corrected chi connectivity index (χ0v) is 11.6. The number of hydrogen-bond donors (Lipinski definition) is 3. The fourth-order valence-electron chi connectivity index (χ4n) is 1.48. The second-order valence-electron chi connectivity index (χ2n) is 3.92. The number of hydrogen-bond acceptors (Lipinski definition) is 4. The molecule has 1 amide bonds. The molecule has 1 N–H and O–H groups in total. The van der Waals surface area contributed by atoms with Gasteiger partial charge in [-0.1, -0.05) is 12.5 Å². The summed E-state index contributed by atoms with van der Waals surface area (Å²) in [6.45, 7) is 2.25. The van der Waals surface area contributed by atoms with E-state index in [2.05, 4.69) is 32.2 Å². The average molecular weight is 263 g/mol. The van der Waals surface area contributed by atoms with Gasteiger partial charge in [0.15, 0.2) is 0 Å². The van der Waals surface area contributed by atoms with Crippen LogP contribution in [0.3, 0.4) is 0 Å². The van der Waals surface area contributed by atoms with Gasteiger partial charge in [0, 0.05) is 24.4 Å². The average Bonchev–Trinajstić information content (AvgIpc) is 2.22. The molecule has 3 nitrogen and oxygen atoms in total. The van der Waals surface area contributed by atoms with Crippen LogP contribution in [0.4, 0.5) is 0 Å². The van der Waals surface area contributed by atoms with E-state index in [0.717, 1.165) is 24.8 Å². The van der Waals surface area contributed by atoms with E-state index in [1.807, 2.05) is 6.20 Å². The van der Waals surface area contributed by atoms with Crippen molar-refractivity contribution in [2.75, 3.05) is 13.7 Å². The molecule has 0 aliphatic rings. The lowest BCUT2D eigenvalue weighted by Crippen LogP contribution is -2.12. The Balaban J connectivity index is 4.51. The summed E-state index contributed by atoms with van der Waals surface area (Å²) in [5, 5.41) is 8.83. The van der Waals surface area contributed by atoms with E-state index in [0.29, 0.717) is 12.3 Å². The van der Waals surface area contributed by atoms with Crippen molar-refractivity contribution in [2.24, 2.45) is 5.92 Å². The summed E-state index contributed by atoms with van der Waals surface area (Å²) in [5.41, 5.74) is 1.15. The van der Waals surface area contributed by atoms with Crippen LogP contribution in [0, 0.1) is 5.92 Å². The van der Waals surface area contributed by atoms with E-state index >= 15 is 0 Å². The maximum Gasteiger partial charge on any atom is 0.213 e. The van der Waals surface area contributed by atoms with Gasteiger partial charge in [0.05, 0.1) is 0 Å². The van der Waals surface area contributed by atoms with Crippen molar-refractivity contribution in [3.63, 3.8) is 0 Å². The zero-order chi connectivity index (χ0) is 12.6. The highest BCUT2D eigenvalue weighted by Gasteiger charge is 2.12. The molecule has 0 saturated carbocycles. The van der Waals surface area contributed by atoms with Crippen LogP contribution in [0.1, 0.15) is 26.2 Å². The summed E-state index contributed by atoms with van der Waals surface area (Å²) in [6.07, 6.45) is 4.95. The molecule has 0 aromatic heterocycles. The third kappa shape index (κ3) is 7.19. The third-order valence-corrected chi connectivity index (χ3v) is 2.78. The first-order valence-electron chi connectivity index (χ1n) is 5.36. The molecule has 0 aromatic rings. The standard InChI is InChI=1S/C11H21NO2S2/c1-9(6-11(15)16)10(4-3-5-13)7-12(2)8-14/h7-9,11,13,15-16H,3-6H2,1-2H3. The van der Waals surface area contributed by atoms with Gasteiger partial charge < -0.3 is 10.0 Å². The molecule has 0 radical (unpaired) electrons. The number of allylic oxidation sites excluding steroid dienone is 1. The minimum absolute atomic E-state index is 0.0362. The van der Waals surface area contributed by atoms with Gasteiger partial charge in [-0.2, -0.15) is 25.3 Å². The van der Waals surface area contributed by atoms with Crippen LogP contribution in [-0.2, 0) is 4.79 Å². The Kier molecular flexibility index (Phi) is 8.89. The molecule has 0 spiro atoms. The van der Waals surface area contributed by atoms with Crippen LogP contribution in [0.25, 0.3) is 0 Å². The predicted octanol–water partition coefficient (Wildman–Crippen LogP) is 1.94. The maximum atomic E-state index is 10.6. The van der Waals surface area contributed by atoms with Gasteiger partial charge in [0.1, 0.15) is 0 Å². The first-order chi connectivity index (χ1) is 7.51. The second-order valence-corrected chi connectivity index (χ2v) is 5.57. The molecule has 16 heavy (non-hydrogen) atoms. The Morgan fingerprint density at radius 2 is 2.12 bits per heavy atom. The summed E-state index contributed by atoms with van der Waals surface area (Å²) in [6, 6.07) is 0. The van der Waals surface area contributed by atoms with E-state index in [9.17, 15) is 4.79 Å². The first-order valence-corrected chi connectivity index (χ1v) is 6.39. The van der Waals surface area contributed by atoms with Gasteiger partial charge in [-0.3, -0.25) is 4.79 Å². The number of nitrogens with zero attached hydrogens (tertiary/aromatic N) is 1. The van der Waals surface area contributed by atoms with E-state index < -0.39 is 0 Å². The number of carbonyl (C=O) groups excluding carboxylic acids is 1. The van der Waals surface area contributed by atoms with Gasteiger partial charge in [-0.25, -0.2) is 0 Å². The van der Waals surface area contributed by atoms with Crippen molar-refractivity contribution in [1.82, 2.24) is 4.90 Å². The van der Waals surface area contributed by atoms with Crippen molar-refractivity contribution < 1.29 is 9.90 Å². The highest BCUT2D eigenvalue weighted by molar-refractivity contribution is 7.99. The summed E-state index contributed by atoms with van der Waals surface area (Å²) in [5.74, 6) is 0.314. The minimum atomic E-state index is 0.0362. The van der Waals surface area contributed by atoms with Crippen LogP contribution in [0.2, 0.25) is 0 Å². The molecule has 1 unspecified atom stereocenters. The molecule has 1 atom stereocenters. The summed E-state index contributed by atoms with van der Waals surface area (Å²) < 4.78 is 0.0362. The van der Waals surface area contributed by atoms with E-state index in [-0.39, 0.29) is 11.2 Å². The SMILES string of the molecule is CC(CC(S)S)C(=CN(C)C=O)CCCO. The maximum absolute atomic E-state index is 10.6. The highest BCUT2D eigenvalue weighted by Crippen LogP contribution is 2.24. The normalized spacial score (nSPS) is 14.0. The number of amides is 1. The molecular weight excluding hydrogens is 242 g/mol. The molecule has 94 valence electrons. The fraction of sp³-hybridized carbons (Fsp3) is 0.727. The molecule has 0 aliphatic carbocycles. The number of aliphatic hydroxyl groups is 1. The van der Waals surface area contributed by atoms with Crippen molar-refractivity contribution in [3.8, 4) is 0 Å². The van der Waals surface area contributed by atoms with Gasteiger partial charge in [0.2, 0.25) is 6.41 Å². The van der Waals surface area contributed by atoms with Crippen LogP contribution < -0.4 is 0 Å². The molecule has 0 aromatic carbocycles. The number of thiol groups is 2. The predicted molar refractivity (Wildman–Crippen MR) is 73.8 cm³/mol. The molecule has 0 rings (SSSR count). The first kappa shape index (κ1) is 15.9. The lowest BCUT2D eigenvalue weighted by molar-refractivity contribution is -0.115. The van der Waals surface area contributed by atoms with Crippen LogP contribution in [-0.4, -0.2) is 34.7 Å². The summed E-state index contributed by atoms with van der Waals surface area (Å²) in [4.78, 5) is 12.1. The topological polar surface area (TPSA) is 40.5 Å². The quantitative estimate of drug-likeness (QED) is 0.356. The Hall–Kier alpha value is -0.130. The molecule has 0 fully saturated rings.